The average Bonchev–Trinajstić information content (AvgIpc) is 0. The van der Waals surface area contributed by atoms with Gasteiger partial charge in [0.1, 0.15) is 0 Å². The normalized spacial score (nSPS) is 0. The SMILES string of the molecule is [Co+2].[Mn+2].[Mn+2].[Mn+2].[Ni+2].[O-2].[O-2].[O-2].[O-2]. The Balaban J connectivity index is 0. The Morgan fingerprint density at radius 1 is 0.444 bits per heavy atom. The van der Waals surface area contributed by atoms with E-state index >= 15 is 0 Å². The molecule has 0 amide bonds. The maximum atomic E-state index is 0. The molecule has 0 unspecified atom stereocenters. The molecule has 0 aromatic heterocycles. The van der Waals surface area contributed by atoms with Crippen molar-refractivity contribution < 1.29 is 106 Å². The third-order valence-corrected chi connectivity index (χ3v) is 0. The second-order valence-electron chi connectivity index (χ2n) is 0. The summed E-state index contributed by atoms with van der Waals surface area (Å²) in [6, 6.07) is 0. The molecule has 9 heavy (non-hydrogen) atoms. The van der Waals surface area contributed by atoms with E-state index in [1.165, 1.54) is 0 Å². The van der Waals surface area contributed by atoms with Crippen molar-refractivity contribution in [2.24, 2.45) is 0 Å². The van der Waals surface area contributed by atoms with Crippen molar-refractivity contribution in [3.63, 3.8) is 0 Å². The van der Waals surface area contributed by atoms with Crippen LogP contribution in [0.15, 0.2) is 0 Å². The van der Waals surface area contributed by atoms with E-state index in [1.807, 2.05) is 0 Å². The molecule has 0 aliphatic heterocycles. The number of hydrogen-bond acceptors (Lipinski definition) is 0. The van der Waals surface area contributed by atoms with Crippen LogP contribution in [0.25, 0.3) is 0 Å². The van der Waals surface area contributed by atoms with Crippen LogP contribution in [0.5, 0.6) is 0 Å². The van der Waals surface area contributed by atoms with Crippen LogP contribution in [-0.4, -0.2) is 0 Å². The van der Waals surface area contributed by atoms with Crippen molar-refractivity contribution >= 4 is 0 Å². The zero-order valence-corrected chi connectivity index (χ0v) is 8.99. The maximum Gasteiger partial charge on any atom is 2.00 e. The van der Waals surface area contributed by atoms with E-state index in [9.17, 15) is 0 Å². The molecule has 0 aliphatic rings. The van der Waals surface area contributed by atoms with Gasteiger partial charge in [0.05, 0.1) is 0 Å². The summed E-state index contributed by atoms with van der Waals surface area (Å²) in [5.41, 5.74) is 0. The minimum Gasteiger partial charge on any atom is -2.00 e. The summed E-state index contributed by atoms with van der Waals surface area (Å²) < 4.78 is 0. The molecule has 0 rings (SSSR count). The molecule has 0 aliphatic carbocycles. The molecule has 4 radical (unpaired) electrons. The Morgan fingerprint density at radius 3 is 0.444 bits per heavy atom. The van der Waals surface area contributed by atoms with Crippen LogP contribution < -0.4 is 0 Å². The van der Waals surface area contributed by atoms with Crippen molar-refractivity contribution in [3.8, 4) is 0 Å². The second-order valence-corrected chi connectivity index (χ2v) is 0. The molecule has 0 fully saturated rings. The van der Waals surface area contributed by atoms with Crippen LogP contribution in [0, 0.1) is 0 Å². The van der Waals surface area contributed by atoms with E-state index in [4.69, 9.17) is 0 Å². The molecule has 4 nitrogen and oxygen atoms in total. The molecule has 0 atom stereocenters. The van der Waals surface area contributed by atoms with Crippen molar-refractivity contribution in [2.75, 3.05) is 0 Å². The van der Waals surface area contributed by atoms with Crippen molar-refractivity contribution in [1.82, 2.24) is 0 Å². The molecule has 0 aromatic carbocycles. The molecule has 0 bridgehead atoms. The molecule has 0 aromatic rings. The standard InChI is InChI=1S/Co.3Mn.Ni.4O/q5*+2;4*-2. The average molecular weight is 346 g/mol. The van der Waals surface area contributed by atoms with E-state index < -0.39 is 0 Å². The summed E-state index contributed by atoms with van der Waals surface area (Å²) in [5.74, 6) is 0. The minimum absolute atomic E-state index is 0. The zero-order valence-electron chi connectivity index (χ0n) is 3.42. The molecular weight excluding hydrogens is 346 g/mol. The van der Waals surface area contributed by atoms with Gasteiger partial charge in [0, 0.05) is 0 Å². The van der Waals surface area contributed by atoms with Gasteiger partial charge in [-0.05, 0) is 0 Å². The third-order valence-electron chi connectivity index (χ3n) is 0. The van der Waals surface area contributed by atoms with Crippen molar-refractivity contribution in [2.45, 2.75) is 0 Å². The van der Waals surface area contributed by atoms with Crippen LogP contribution in [0.4, 0.5) is 0 Å². The van der Waals surface area contributed by atoms with Gasteiger partial charge in [-0.25, -0.2) is 0 Å². The summed E-state index contributed by atoms with van der Waals surface area (Å²) in [6.07, 6.45) is 0. The molecular formula is CoMn3NiO4+2. The Bertz CT molecular complexity index is 15.8. The van der Waals surface area contributed by atoms with E-state index in [1.54, 1.807) is 0 Å². The van der Waals surface area contributed by atoms with Crippen LogP contribution in [-0.2, 0) is 106 Å². The van der Waals surface area contributed by atoms with Crippen molar-refractivity contribution in [1.29, 1.82) is 0 Å². The quantitative estimate of drug-likeness (QED) is 0.527. The zero-order chi connectivity index (χ0) is 0. The Morgan fingerprint density at radius 2 is 0.444 bits per heavy atom. The number of rotatable bonds is 0. The smallest absolute Gasteiger partial charge is 2.00 e. The van der Waals surface area contributed by atoms with Gasteiger partial charge in [-0.1, -0.05) is 0 Å². The summed E-state index contributed by atoms with van der Waals surface area (Å²) in [4.78, 5) is 0. The second kappa shape index (κ2) is 160. The van der Waals surface area contributed by atoms with Crippen LogP contribution in [0.2, 0.25) is 0 Å². The Labute approximate surface area is 105 Å². The van der Waals surface area contributed by atoms with Gasteiger partial charge >= 0.3 is 84.5 Å². The van der Waals surface area contributed by atoms with E-state index in [-0.39, 0.29) is 106 Å². The summed E-state index contributed by atoms with van der Waals surface area (Å²) >= 11 is 0. The fourth-order valence-corrected chi connectivity index (χ4v) is 0. The Kier molecular flexibility index (Phi) is 3800. The van der Waals surface area contributed by atoms with E-state index in [0.717, 1.165) is 0 Å². The topological polar surface area (TPSA) is 114 Å². The molecule has 0 N–H and O–H groups in total. The van der Waals surface area contributed by atoms with Gasteiger partial charge in [0.2, 0.25) is 0 Å². The predicted molar refractivity (Wildman–Crippen MR) is 2.75 cm³/mol. The predicted octanol–water partition coefficient (Wildman–Crippen LogP) is -0.488. The van der Waals surface area contributed by atoms with Gasteiger partial charge in [0.15, 0.2) is 0 Å². The summed E-state index contributed by atoms with van der Waals surface area (Å²) in [7, 11) is 0. The van der Waals surface area contributed by atoms with E-state index in [2.05, 4.69) is 0 Å². The number of hydrogen-bond donors (Lipinski definition) is 0. The van der Waals surface area contributed by atoms with Gasteiger partial charge in [0.25, 0.3) is 0 Å². The molecule has 0 heterocycles. The molecule has 9 heteroatoms. The van der Waals surface area contributed by atoms with E-state index in [0.29, 0.717) is 0 Å². The van der Waals surface area contributed by atoms with Crippen LogP contribution in [0.3, 0.4) is 0 Å². The maximum absolute atomic E-state index is 0. The van der Waals surface area contributed by atoms with Gasteiger partial charge in [-0.2, -0.15) is 0 Å². The molecule has 0 saturated carbocycles. The fraction of sp³-hybridized carbons (Fsp3) is 0. The van der Waals surface area contributed by atoms with Crippen LogP contribution in [0.1, 0.15) is 0 Å². The summed E-state index contributed by atoms with van der Waals surface area (Å²) in [6.45, 7) is 0. The minimum atomic E-state index is 0. The van der Waals surface area contributed by atoms with Gasteiger partial charge in [-0.15, -0.1) is 0 Å². The molecule has 0 spiro atoms. The van der Waals surface area contributed by atoms with Crippen molar-refractivity contribution in [3.05, 3.63) is 0 Å². The Hall–Kier alpha value is 2.40. The van der Waals surface area contributed by atoms with Gasteiger partial charge < -0.3 is 21.9 Å². The van der Waals surface area contributed by atoms with Gasteiger partial charge in [-0.3, -0.25) is 0 Å². The first-order valence-corrected chi connectivity index (χ1v) is 0. The molecule has 0 saturated heterocycles. The van der Waals surface area contributed by atoms with Crippen LogP contribution >= 0.6 is 0 Å². The summed E-state index contributed by atoms with van der Waals surface area (Å²) in [5, 5.41) is 0. The first-order valence-electron chi connectivity index (χ1n) is 0. The first kappa shape index (κ1) is 214. The largest absolute Gasteiger partial charge is 2.00 e. The third kappa shape index (κ3) is 127. The first-order chi connectivity index (χ1) is 0. The monoisotopic (exact) mass is 346 g/mol. The fourth-order valence-electron chi connectivity index (χ4n) is 0. The molecule has 62 valence electrons.